The summed E-state index contributed by atoms with van der Waals surface area (Å²) in [4.78, 5) is 10.6. The molecule has 0 aromatic carbocycles. The van der Waals surface area contributed by atoms with E-state index in [0.717, 1.165) is 19.4 Å². The molecule has 0 aliphatic carbocycles. The first-order chi connectivity index (χ1) is 4.72. The number of hydrogen-bond donors (Lipinski definition) is 1. The average Bonchev–Trinajstić information content (AvgIpc) is 2.36. The summed E-state index contributed by atoms with van der Waals surface area (Å²) in [7, 11) is 0. The van der Waals surface area contributed by atoms with Crippen molar-refractivity contribution in [2.24, 2.45) is 0 Å². The zero-order valence-corrected chi connectivity index (χ0v) is 6.09. The van der Waals surface area contributed by atoms with E-state index in [1.165, 1.54) is 6.92 Å². The van der Waals surface area contributed by atoms with Gasteiger partial charge in [0.25, 0.3) is 0 Å². The van der Waals surface area contributed by atoms with Crippen molar-refractivity contribution in [3.8, 4) is 0 Å². The fourth-order valence-electron chi connectivity index (χ4n) is 1.25. The van der Waals surface area contributed by atoms with Crippen molar-refractivity contribution in [2.45, 2.75) is 31.9 Å². The molecular weight excluding hydrogens is 130 g/mol. The maximum absolute atomic E-state index is 11.0. The Kier molecular flexibility index (Phi) is 2.40. The summed E-state index contributed by atoms with van der Waals surface area (Å²) in [6.45, 7) is 2.24. The highest BCUT2D eigenvalue weighted by atomic mass is 16.3. The lowest BCUT2D eigenvalue weighted by atomic mass is 10.1. The summed E-state index contributed by atoms with van der Waals surface area (Å²) < 4.78 is 0. The van der Waals surface area contributed by atoms with Crippen molar-refractivity contribution in [1.82, 2.24) is 5.32 Å². The van der Waals surface area contributed by atoms with Crippen molar-refractivity contribution in [3.63, 3.8) is 0 Å². The van der Waals surface area contributed by atoms with Gasteiger partial charge in [-0.15, -0.1) is 0 Å². The molecule has 0 aromatic rings. The Morgan fingerprint density at radius 3 is 2.80 bits per heavy atom. The second-order valence-corrected chi connectivity index (χ2v) is 2.73. The zero-order chi connectivity index (χ0) is 7.56. The summed E-state index contributed by atoms with van der Waals surface area (Å²) in [5.74, 6) is -0.251. The molecule has 1 fully saturated rings. The first-order valence-corrected chi connectivity index (χ1v) is 3.61. The molecule has 1 N–H and O–H groups in total. The molecule has 57 valence electrons. The Bertz CT molecular complexity index is 130. The molecule has 2 atom stereocenters. The van der Waals surface area contributed by atoms with Crippen LogP contribution < -0.4 is 5.32 Å². The molecule has 1 radical (unpaired) electrons. The zero-order valence-electron chi connectivity index (χ0n) is 6.09. The smallest absolute Gasteiger partial charge is 0.166 e. The molecule has 1 rings (SSSR count). The Hall–Kier alpha value is -0.410. The normalized spacial score (nSPS) is 28.4. The van der Waals surface area contributed by atoms with Crippen LogP contribution in [0.4, 0.5) is 0 Å². The molecule has 0 bridgehead atoms. The Labute approximate surface area is 60.4 Å². The SMILES string of the molecule is CC(=O)C([O])C1CCCN1. The minimum atomic E-state index is -1.04. The third-order valence-corrected chi connectivity index (χ3v) is 1.86. The second kappa shape index (κ2) is 3.12. The molecular formula is C7H12NO2. The number of rotatable bonds is 2. The molecule has 1 aliphatic heterocycles. The monoisotopic (exact) mass is 142 g/mol. The van der Waals surface area contributed by atoms with Crippen molar-refractivity contribution >= 4 is 5.78 Å². The van der Waals surface area contributed by atoms with Gasteiger partial charge in [0.1, 0.15) is 0 Å². The molecule has 0 saturated carbocycles. The minimum Gasteiger partial charge on any atom is -0.311 e. The van der Waals surface area contributed by atoms with E-state index in [1.807, 2.05) is 0 Å². The number of Topliss-reactive ketones (excluding diaryl/α,β-unsaturated/α-hetero) is 1. The van der Waals surface area contributed by atoms with Crippen LogP contribution in [0.15, 0.2) is 0 Å². The van der Waals surface area contributed by atoms with E-state index >= 15 is 0 Å². The summed E-state index contributed by atoms with van der Waals surface area (Å²) in [6.07, 6.45) is 0.840. The van der Waals surface area contributed by atoms with Crippen LogP contribution in [0, 0.1) is 0 Å². The summed E-state index contributed by atoms with van der Waals surface area (Å²) in [5, 5.41) is 14.0. The van der Waals surface area contributed by atoms with E-state index in [0.29, 0.717) is 0 Å². The van der Waals surface area contributed by atoms with E-state index in [-0.39, 0.29) is 11.8 Å². The van der Waals surface area contributed by atoms with Crippen LogP contribution >= 0.6 is 0 Å². The van der Waals surface area contributed by atoms with Crippen LogP contribution in [-0.4, -0.2) is 24.5 Å². The maximum Gasteiger partial charge on any atom is 0.166 e. The molecule has 3 heteroatoms. The van der Waals surface area contributed by atoms with Crippen molar-refractivity contribution in [3.05, 3.63) is 0 Å². The highest BCUT2D eigenvalue weighted by molar-refractivity contribution is 5.80. The van der Waals surface area contributed by atoms with Crippen molar-refractivity contribution in [2.75, 3.05) is 6.54 Å². The van der Waals surface area contributed by atoms with Gasteiger partial charge in [0, 0.05) is 6.04 Å². The molecule has 1 saturated heterocycles. The van der Waals surface area contributed by atoms with Crippen LogP contribution in [0.1, 0.15) is 19.8 Å². The number of carbonyl (C=O) groups is 1. The van der Waals surface area contributed by atoms with Crippen molar-refractivity contribution < 1.29 is 9.90 Å². The quantitative estimate of drug-likeness (QED) is 0.595. The van der Waals surface area contributed by atoms with Crippen LogP contribution in [0.25, 0.3) is 0 Å². The van der Waals surface area contributed by atoms with Gasteiger partial charge in [-0.05, 0) is 26.3 Å². The van der Waals surface area contributed by atoms with Crippen LogP contribution in [0.5, 0.6) is 0 Å². The van der Waals surface area contributed by atoms with Crippen LogP contribution in [0.3, 0.4) is 0 Å². The molecule has 0 amide bonds. The Morgan fingerprint density at radius 2 is 2.40 bits per heavy atom. The van der Waals surface area contributed by atoms with Gasteiger partial charge in [-0.3, -0.25) is 4.79 Å². The fourth-order valence-corrected chi connectivity index (χ4v) is 1.25. The molecule has 3 nitrogen and oxygen atoms in total. The minimum absolute atomic E-state index is 0.0995. The standard InChI is InChI=1S/C7H12NO2/c1-5(9)7(10)6-3-2-4-8-6/h6-8H,2-4H2,1H3. The summed E-state index contributed by atoms with van der Waals surface area (Å²) in [6, 6.07) is -0.0995. The highest BCUT2D eigenvalue weighted by Crippen LogP contribution is 2.09. The molecule has 1 heterocycles. The predicted molar refractivity (Wildman–Crippen MR) is 36.2 cm³/mol. The summed E-state index contributed by atoms with van der Waals surface area (Å²) >= 11 is 0. The molecule has 0 spiro atoms. The third kappa shape index (κ3) is 1.55. The van der Waals surface area contributed by atoms with Gasteiger partial charge in [-0.2, -0.15) is 0 Å². The van der Waals surface area contributed by atoms with Gasteiger partial charge in [0.2, 0.25) is 0 Å². The van der Waals surface area contributed by atoms with Crippen LogP contribution in [-0.2, 0) is 9.90 Å². The molecule has 1 aliphatic rings. The highest BCUT2D eigenvalue weighted by Gasteiger charge is 2.26. The molecule has 10 heavy (non-hydrogen) atoms. The lowest BCUT2D eigenvalue weighted by Gasteiger charge is -2.11. The van der Waals surface area contributed by atoms with Gasteiger partial charge in [0.05, 0.1) is 0 Å². The Morgan fingerprint density at radius 1 is 1.70 bits per heavy atom. The van der Waals surface area contributed by atoms with Gasteiger partial charge in [0.15, 0.2) is 11.9 Å². The van der Waals surface area contributed by atoms with Crippen LogP contribution in [0.2, 0.25) is 0 Å². The lowest BCUT2D eigenvalue weighted by molar-refractivity contribution is -0.129. The topological polar surface area (TPSA) is 49.0 Å². The van der Waals surface area contributed by atoms with Gasteiger partial charge in [-0.25, -0.2) is 5.11 Å². The first-order valence-electron chi connectivity index (χ1n) is 3.61. The average molecular weight is 142 g/mol. The van der Waals surface area contributed by atoms with Gasteiger partial charge < -0.3 is 5.32 Å². The number of hydrogen-bond acceptors (Lipinski definition) is 2. The molecule has 2 unspecified atom stereocenters. The third-order valence-electron chi connectivity index (χ3n) is 1.86. The maximum atomic E-state index is 11.0. The van der Waals surface area contributed by atoms with E-state index in [2.05, 4.69) is 5.32 Å². The molecule has 0 aromatic heterocycles. The Balaban J connectivity index is 2.39. The fraction of sp³-hybridized carbons (Fsp3) is 0.857. The number of ketones is 1. The number of carbonyl (C=O) groups excluding carboxylic acids is 1. The van der Waals surface area contributed by atoms with Gasteiger partial charge in [-0.1, -0.05) is 0 Å². The van der Waals surface area contributed by atoms with E-state index < -0.39 is 6.10 Å². The van der Waals surface area contributed by atoms with E-state index in [4.69, 9.17) is 0 Å². The predicted octanol–water partition coefficient (Wildman–Crippen LogP) is 0.126. The van der Waals surface area contributed by atoms with Crippen molar-refractivity contribution in [1.29, 1.82) is 0 Å². The van der Waals surface area contributed by atoms with E-state index in [9.17, 15) is 9.90 Å². The van der Waals surface area contributed by atoms with Gasteiger partial charge >= 0.3 is 0 Å². The second-order valence-electron chi connectivity index (χ2n) is 2.73. The lowest BCUT2D eigenvalue weighted by Crippen LogP contribution is -2.38. The largest absolute Gasteiger partial charge is 0.311 e. The summed E-state index contributed by atoms with van der Waals surface area (Å²) in [5.41, 5.74) is 0. The van der Waals surface area contributed by atoms with E-state index in [1.54, 1.807) is 0 Å². The first kappa shape index (κ1) is 7.69. The number of nitrogens with one attached hydrogen (secondary N) is 1.